The Morgan fingerprint density at radius 2 is 2.05 bits per heavy atom. The molecule has 0 unspecified atom stereocenters. The summed E-state index contributed by atoms with van der Waals surface area (Å²) in [5.41, 5.74) is 5.63. The van der Waals surface area contributed by atoms with E-state index in [9.17, 15) is 9.18 Å². The van der Waals surface area contributed by atoms with Crippen LogP contribution in [0.15, 0.2) is 40.9 Å². The molecular weight excluding hydrogens is 329 g/mol. The van der Waals surface area contributed by atoms with E-state index >= 15 is 0 Å². The predicted molar refractivity (Wildman–Crippen MR) is 76.4 cm³/mol. The monoisotopic (exact) mass is 339 g/mol. The molecule has 104 valence electrons. The van der Waals surface area contributed by atoms with E-state index in [4.69, 9.17) is 10.5 Å². The lowest BCUT2D eigenvalue weighted by Gasteiger charge is -2.10. The van der Waals surface area contributed by atoms with Gasteiger partial charge in [0.15, 0.2) is 11.6 Å². The number of nitrogen functional groups attached to an aromatic ring is 1. The first-order valence-corrected chi connectivity index (χ1v) is 6.41. The topological polar surface area (TPSA) is 61.5 Å². The minimum Gasteiger partial charge on any atom is -0.465 e. The van der Waals surface area contributed by atoms with Crippen LogP contribution in [0.3, 0.4) is 0 Å². The van der Waals surface area contributed by atoms with E-state index < -0.39 is 11.8 Å². The van der Waals surface area contributed by atoms with Gasteiger partial charge in [0.25, 0.3) is 0 Å². The molecular formula is C14H11BrFNO3. The lowest BCUT2D eigenvalue weighted by molar-refractivity contribution is 0.0601. The van der Waals surface area contributed by atoms with E-state index in [1.165, 1.54) is 13.2 Å². The number of anilines is 1. The molecule has 0 radical (unpaired) electrons. The zero-order valence-corrected chi connectivity index (χ0v) is 12.1. The van der Waals surface area contributed by atoms with E-state index in [0.717, 1.165) is 10.5 Å². The summed E-state index contributed by atoms with van der Waals surface area (Å²) in [6.45, 7) is 0. The van der Waals surface area contributed by atoms with Crippen molar-refractivity contribution >= 4 is 27.6 Å². The van der Waals surface area contributed by atoms with Crippen molar-refractivity contribution in [3.63, 3.8) is 0 Å². The number of halogens is 2. The quantitative estimate of drug-likeness (QED) is 0.683. The second-order valence-electron chi connectivity index (χ2n) is 3.92. The van der Waals surface area contributed by atoms with Crippen LogP contribution in [0.5, 0.6) is 11.5 Å². The molecule has 0 saturated heterocycles. The first-order chi connectivity index (χ1) is 9.51. The lowest BCUT2D eigenvalue weighted by atomic mass is 10.1. The Labute approximate surface area is 123 Å². The molecule has 4 nitrogen and oxygen atoms in total. The minimum absolute atomic E-state index is 0.00376. The van der Waals surface area contributed by atoms with Crippen LogP contribution in [-0.4, -0.2) is 13.1 Å². The van der Waals surface area contributed by atoms with Crippen LogP contribution in [0, 0.1) is 5.82 Å². The highest BCUT2D eigenvalue weighted by molar-refractivity contribution is 9.10. The number of carbonyl (C=O) groups excluding carboxylic acids is 1. The Morgan fingerprint density at radius 3 is 2.70 bits per heavy atom. The fraction of sp³-hybridized carbons (Fsp3) is 0.0714. The number of hydrogen-bond acceptors (Lipinski definition) is 4. The van der Waals surface area contributed by atoms with Crippen LogP contribution >= 0.6 is 15.9 Å². The maximum Gasteiger partial charge on any atom is 0.340 e. The van der Waals surface area contributed by atoms with Crippen LogP contribution in [0.4, 0.5) is 10.1 Å². The van der Waals surface area contributed by atoms with E-state index in [2.05, 4.69) is 20.7 Å². The fourth-order valence-electron chi connectivity index (χ4n) is 1.59. The van der Waals surface area contributed by atoms with Crippen LogP contribution in [0.2, 0.25) is 0 Å². The number of hydrogen-bond donors (Lipinski definition) is 1. The molecule has 0 atom stereocenters. The van der Waals surface area contributed by atoms with Crippen molar-refractivity contribution in [1.82, 2.24) is 0 Å². The summed E-state index contributed by atoms with van der Waals surface area (Å²) in [5, 5.41) is 0. The Bertz CT molecular complexity index is 661. The maximum atomic E-state index is 13.8. The normalized spacial score (nSPS) is 10.2. The summed E-state index contributed by atoms with van der Waals surface area (Å²) in [6, 6.07) is 9.14. The van der Waals surface area contributed by atoms with Crippen molar-refractivity contribution in [2.75, 3.05) is 12.8 Å². The number of carbonyl (C=O) groups is 1. The number of rotatable bonds is 3. The van der Waals surface area contributed by atoms with Crippen molar-refractivity contribution in [2.45, 2.75) is 0 Å². The van der Waals surface area contributed by atoms with Crippen LogP contribution in [-0.2, 0) is 4.74 Å². The van der Waals surface area contributed by atoms with E-state index in [0.29, 0.717) is 5.75 Å². The predicted octanol–water partition coefficient (Wildman–Crippen LogP) is 3.75. The van der Waals surface area contributed by atoms with Gasteiger partial charge in [-0.25, -0.2) is 9.18 Å². The van der Waals surface area contributed by atoms with Crippen molar-refractivity contribution in [3.05, 3.63) is 52.3 Å². The smallest absolute Gasteiger partial charge is 0.340 e. The van der Waals surface area contributed by atoms with Gasteiger partial charge in [0.1, 0.15) is 5.75 Å². The number of ether oxygens (including phenoxy) is 2. The van der Waals surface area contributed by atoms with Crippen LogP contribution < -0.4 is 10.5 Å². The first-order valence-electron chi connectivity index (χ1n) is 5.62. The molecule has 0 saturated carbocycles. The van der Waals surface area contributed by atoms with Crippen LogP contribution in [0.1, 0.15) is 10.4 Å². The summed E-state index contributed by atoms with van der Waals surface area (Å²) in [4.78, 5) is 11.5. The maximum absolute atomic E-state index is 13.8. The van der Waals surface area contributed by atoms with Crippen LogP contribution in [0.25, 0.3) is 0 Å². The van der Waals surface area contributed by atoms with Crippen molar-refractivity contribution in [3.8, 4) is 11.5 Å². The molecule has 0 spiro atoms. The molecule has 0 aliphatic rings. The number of benzene rings is 2. The van der Waals surface area contributed by atoms with Gasteiger partial charge in [0, 0.05) is 22.3 Å². The average Bonchev–Trinajstić information content (AvgIpc) is 2.41. The molecule has 2 aromatic rings. The van der Waals surface area contributed by atoms with E-state index in [1.807, 2.05) is 6.07 Å². The molecule has 6 heteroatoms. The van der Waals surface area contributed by atoms with Crippen molar-refractivity contribution in [1.29, 1.82) is 0 Å². The molecule has 0 aliphatic heterocycles. The van der Waals surface area contributed by atoms with Gasteiger partial charge in [-0.2, -0.15) is 0 Å². The average molecular weight is 340 g/mol. The second-order valence-corrected chi connectivity index (χ2v) is 4.84. The molecule has 0 bridgehead atoms. The van der Waals surface area contributed by atoms with Gasteiger partial charge >= 0.3 is 5.97 Å². The fourth-order valence-corrected chi connectivity index (χ4v) is 1.97. The van der Waals surface area contributed by atoms with Crippen molar-refractivity contribution in [2.24, 2.45) is 0 Å². The largest absolute Gasteiger partial charge is 0.465 e. The Morgan fingerprint density at radius 1 is 1.30 bits per heavy atom. The molecule has 20 heavy (non-hydrogen) atoms. The van der Waals surface area contributed by atoms with Gasteiger partial charge in [0.2, 0.25) is 0 Å². The Kier molecular flexibility index (Phi) is 4.24. The number of esters is 1. The van der Waals surface area contributed by atoms with Gasteiger partial charge in [-0.1, -0.05) is 22.0 Å². The number of nitrogens with two attached hydrogens (primary N) is 1. The van der Waals surface area contributed by atoms with Gasteiger partial charge in [-0.3, -0.25) is 0 Å². The summed E-state index contributed by atoms with van der Waals surface area (Å²) in [6.07, 6.45) is 0. The third-order valence-corrected chi connectivity index (χ3v) is 3.03. The zero-order valence-electron chi connectivity index (χ0n) is 10.5. The van der Waals surface area contributed by atoms with Gasteiger partial charge in [-0.15, -0.1) is 0 Å². The summed E-state index contributed by atoms with van der Waals surface area (Å²) >= 11 is 3.29. The SMILES string of the molecule is COC(=O)c1cc(Oc2cccc(Br)c2)c(F)cc1N. The highest BCUT2D eigenvalue weighted by Crippen LogP contribution is 2.30. The molecule has 2 rings (SSSR count). The van der Waals surface area contributed by atoms with Gasteiger partial charge < -0.3 is 15.2 Å². The molecule has 2 N–H and O–H groups in total. The minimum atomic E-state index is -0.657. The van der Waals surface area contributed by atoms with E-state index in [1.54, 1.807) is 18.2 Å². The van der Waals surface area contributed by atoms with E-state index in [-0.39, 0.29) is 17.0 Å². The number of methoxy groups -OCH3 is 1. The third-order valence-electron chi connectivity index (χ3n) is 2.53. The highest BCUT2D eigenvalue weighted by Gasteiger charge is 2.16. The molecule has 2 aromatic carbocycles. The van der Waals surface area contributed by atoms with Gasteiger partial charge in [-0.05, 0) is 18.2 Å². The standard InChI is InChI=1S/C14H11BrFNO3/c1-19-14(18)10-6-13(11(16)7-12(10)17)20-9-4-2-3-8(15)5-9/h2-7H,17H2,1H3. The molecule has 0 fully saturated rings. The Hall–Kier alpha value is -2.08. The summed E-state index contributed by atoms with van der Waals surface area (Å²) < 4.78 is 24.6. The second kappa shape index (κ2) is 5.92. The molecule has 0 heterocycles. The Balaban J connectivity index is 2.39. The van der Waals surface area contributed by atoms with Gasteiger partial charge in [0.05, 0.1) is 12.7 Å². The summed E-state index contributed by atoms with van der Waals surface area (Å²) in [5.74, 6) is -0.978. The molecule has 0 aromatic heterocycles. The summed E-state index contributed by atoms with van der Waals surface area (Å²) in [7, 11) is 1.22. The first kappa shape index (κ1) is 14.3. The lowest BCUT2D eigenvalue weighted by Crippen LogP contribution is -2.06. The third kappa shape index (κ3) is 3.08. The zero-order chi connectivity index (χ0) is 14.7. The highest BCUT2D eigenvalue weighted by atomic mass is 79.9. The molecule has 0 aliphatic carbocycles. The van der Waals surface area contributed by atoms with Crippen molar-refractivity contribution < 1.29 is 18.7 Å². The molecule has 0 amide bonds.